The van der Waals surface area contributed by atoms with Gasteiger partial charge in [0.05, 0.1) is 0 Å². The van der Waals surface area contributed by atoms with E-state index in [9.17, 15) is 9.59 Å². The van der Waals surface area contributed by atoms with Gasteiger partial charge in [0.15, 0.2) is 12.2 Å². The van der Waals surface area contributed by atoms with E-state index in [1.54, 1.807) is 0 Å². The fourth-order valence-electron chi connectivity index (χ4n) is 1.94. The first-order valence-corrected chi connectivity index (χ1v) is 6.87. The fourth-order valence-corrected chi connectivity index (χ4v) is 1.94. The lowest BCUT2D eigenvalue weighted by Crippen LogP contribution is -2.39. The molecule has 0 amide bonds. The number of nitrogens with two attached hydrogens (primary N) is 1. The van der Waals surface area contributed by atoms with Crippen molar-refractivity contribution in [1.82, 2.24) is 0 Å². The molecule has 0 heterocycles. The molecule has 0 bridgehead atoms. The van der Waals surface area contributed by atoms with E-state index in [2.05, 4.69) is 42.5 Å². The van der Waals surface area contributed by atoms with Crippen LogP contribution in [0, 0.1) is 0 Å². The van der Waals surface area contributed by atoms with Gasteiger partial charge in [0.25, 0.3) is 0 Å². The van der Waals surface area contributed by atoms with Crippen LogP contribution >= 0.6 is 0 Å². The van der Waals surface area contributed by atoms with Crippen LogP contribution in [0.25, 0.3) is 10.8 Å². The van der Waals surface area contributed by atoms with Gasteiger partial charge in [-0.05, 0) is 29.3 Å². The molecular weight excluding hydrogens is 302 g/mol. The van der Waals surface area contributed by atoms with Crippen molar-refractivity contribution in [3.05, 3.63) is 48.0 Å². The molecule has 124 valence electrons. The van der Waals surface area contributed by atoms with Gasteiger partial charge < -0.3 is 26.2 Å². The zero-order valence-electron chi connectivity index (χ0n) is 12.3. The van der Waals surface area contributed by atoms with Gasteiger partial charge in [0.2, 0.25) is 0 Å². The molecule has 2 atom stereocenters. The van der Waals surface area contributed by atoms with Crippen molar-refractivity contribution in [2.24, 2.45) is 5.73 Å². The van der Waals surface area contributed by atoms with E-state index >= 15 is 0 Å². The standard InChI is InChI=1S/C12H13N.C4H6O6/c13-9-8-11-6-3-5-10-4-1-2-7-12(10)11;5-1(3(7)8)2(6)4(9)10/h1-7H,8-9,13H2;1-2,5-6H,(H,7,8)(H,9,10). The first-order chi connectivity index (χ1) is 10.9. The Hall–Kier alpha value is -2.48. The van der Waals surface area contributed by atoms with Crippen molar-refractivity contribution >= 4 is 22.7 Å². The molecule has 23 heavy (non-hydrogen) atoms. The predicted octanol–water partition coefficient (Wildman–Crippen LogP) is 0.218. The van der Waals surface area contributed by atoms with Crippen molar-refractivity contribution in [2.45, 2.75) is 18.6 Å². The van der Waals surface area contributed by atoms with Crippen molar-refractivity contribution in [3.8, 4) is 0 Å². The van der Waals surface area contributed by atoms with E-state index in [0.29, 0.717) is 6.54 Å². The van der Waals surface area contributed by atoms with Gasteiger partial charge in [-0.1, -0.05) is 42.5 Å². The Kier molecular flexibility index (Phi) is 7.14. The van der Waals surface area contributed by atoms with Crippen LogP contribution in [0.15, 0.2) is 42.5 Å². The number of aliphatic hydroxyl groups is 2. The highest BCUT2D eigenvalue weighted by molar-refractivity contribution is 5.85. The Morgan fingerprint density at radius 3 is 1.96 bits per heavy atom. The number of carbonyl (C=O) groups is 2. The lowest BCUT2D eigenvalue weighted by Gasteiger charge is -2.07. The highest BCUT2D eigenvalue weighted by atomic mass is 16.4. The van der Waals surface area contributed by atoms with Crippen LogP contribution in [0.5, 0.6) is 0 Å². The minimum atomic E-state index is -2.27. The van der Waals surface area contributed by atoms with Crippen LogP contribution in [-0.2, 0) is 16.0 Å². The summed E-state index contributed by atoms with van der Waals surface area (Å²) in [6.45, 7) is 0.716. The van der Waals surface area contributed by atoms with Crippen LogP contribution in [0.3, 0.4) is 0 Å². The normalized spacial score (nSPS) is 12.8. The van der Waals surface area contributed by atoms with Crippen LogP contribution in [0.1, 0.15) is 5.56 Å². The largest absolute Gasteiger partial charge is 0.479 e. The lowest BCUT2D eigenvalue weighted by atomic mass is 10.0. The highest BCUT2D eigenvalue weighted by Gasteiger charge is 2.29. The first kappa shape index (κ1) is 18.6. The first-order valence-electron chi connectivity index (χ1n) is 6.87. The number of hydrogen-bond donors (Lipinski definition) is 5. The summed E-state index contributed by atoms with van der Waals surface area (Å²) < 4.78 is 0. The van der Waals surface area contributed by atoms with E-state index in [4.69, 9.17) is 26.2 Å². The van der Waals surface area contributed by atoms with Crippen molar-refractivity contribution < 1.29 is 30.0 Å². The van der Waals surface area contributed by atoms with E-state index in [0.717, 1.165) is 6.42 Å². The molecule has 0 spiro atoms. The molecule has 6 N–H and O–H groups in total. The lowest BCUT2D eigenvalue weighted by molar-refractivity contribution is -0.165. The maximum atomic E-state index is 9.77. The second-order valence-electron chi connectivity index (χ2n) is 4.74. The maximum absolute atomic E-state index is 9.77. The average molecular weight is 321 g/mol. The van der Waals surface area contributed by atoms with Gasteiger partial charge in [-0.2, -0.15) is 0 Å². The molecule has 0 fully saturated rings. The number of fused-ring (bicyclic) bond motifs is 1. The molecule has 0 saturated carbocycles. The van der Waals surface area contributed by atoms with E-state index in [-0.39, 0.29) is 0 Å². The number of aliphatic hydroxyl groups excluding tert-OH is 2. The molecule has 7 heteroatoms. The number of rotatable bonds is 5. The molecule has 0 aliphatic rings. The smallest absolute Gasteiger partial charge is 0.335 e. The zero-order chi connectivity index (χ0) is 17.4. The maximum Gasteiger partial charge on any atom is 0.335 e. The Labute approximate surface area is 132 Å². The quantitative estimate of drug-likeness (QED) is 0.530. The molecule has 0 aliphatic heterocycles. The second-order valence-corrected chi connectivity index (χ2v) is 4.74. The number of benzene rings is 2. The fraction of sp³-hybridized carbons (Fsp3) is 0.250. The SMILES string of the molecule is NCCc1cccc2ccccc12.O=C(O)C(O)C(O)C(=O)O. The summed E-state index contributed by atoms with van der Waals surface area (Å²) in [4.78, 5) is 19.5. The molecular formula is C16H19NO6. The summed E-state index contributed by atoms with van der Waals surface area (Å²) in [5.74, 6) is -3.54. The minimum absolute atomic E-state index is 0.716. The van der Waals surface area contributed by atoms with E-state index in [1.165, 1.54) is 16.3 Å². The Morgan fingerprint density at radius 1 is 0.913 bits per heavy atom. The van der Waals surface area contributed by atoms with Crippen LogP contribution in [0.2, 0.25) is 0 Å². The van der Waals surface area contributed by atoms with Crippen molar-refractivity contribution in [1.29, 1.82) is 0 Å². The second kappa shape index (κ2) is 8.84. The van der Waals surface area contributed by atoms with Crippen LogP contribution in [-0.4, -0.2) is 51.1 Å². The molecule has 2 rings (SSSR count). The van der Waals surface area contributed by atoms with Gasteiger partial charge in [-0.25, -0.2) is 9.59 Å². The number of carboxylic acid groups (broad SMARTS) is 2. The van der Waals surface area contributed by atoms with Gasteiger partial charge >= 0.3 is 11.9 Å². The molecule has 0 aliphatic carbocycles. The summed E-state index contributed by atoms with van der Waals surface area (Å²) in [5.41, 5.74) is 6.90. The Morgan fingerprint density at radius 2 is 1.43 bits per heavy atom. The molecule has 2 aromatic rings. The summed E-state index contributed by atoms with van der Waals surface area (Å²) in [7, 11) is 0. The monoisotopic (exact) mass is 321 g/mol. The van der Waals surface area contributed by atoms with Gasteiger partial charge in [0.1, 0.15) is 0 Å². The van der Waals surface area contributed by atoms with E-state index in [1.807, 2.05) is 0 Å². The molecule has 2 unspecified atom stereocenters. The van der Waals surface area contributed by atoms with Gasteiger partial charge in [0, 0.05) is 0 Å². The summed E-state index contributed by atoms with van der Waals surface area (Å²) in [5, 5.41) is 35.2. The predicted molar refractivity (Wildman–Crippen MR) is 84.0 cm³/mol. The average Bonchev–Trinajstić information content (AvgIpc) is 2.54. The number of hydrogen-bond acceptors (Lipinski definition) is 5. The molecule has 0 radical (unpaired) electrons. The Balaban J connectivity index is 0.000000241. The van der Waals surface area contributed by atoms with Crippen molar-refractivity contribution in [3.63, 3.8) is 0 Å². The zero-order valence-corrected chi connectivity index (χ0v) is 12.3. The summed E-state index contributed by atoms with van der Waals surface area (Å²) in [6.07, 6.45) is -3.57. The topological polar surface area (TPSA) is 141 Å². The Bertz CT molecular complexity index is 649. The third-order valence-corrected chi connectivity index (χ3v) is 3.10. The summed E-state index contributed by atoms with van der Waals surface area (Å²) in [6, 6.07) is 14.8. The molecule has 2 aromatic carbocycles. The van der Waals surface area contributed by atoms with Crippen molar-refractivity contribution in [2.75, 3.05) is 6.54 Å². The van der Waals surface area contributed by atoms with Gasteiger partial charge in [-0.15, -0.1) is 0 Å². The number of carboxylic acids is 2. The summed E-state index contributed by atoms with van der Waals surface area (Å²) >= 11 is 0. The number of aliphatic carboxylic acids is 2. The minimum Gasteiger partial charge on any atom is -0.479 e. The third-order valence-electron chi connectivity index (χ3n) is 3.10. The molecule has 0 aromatic heterocycles. The van der Waals surface area contributed by atoms with Crippen LogP contribution < -0.4 is 5.73 Å². The van der Waals surface area contributed by atoms with Crippen LogP contribution in [0.4, 0.5) is 0 Å². The molecule has 7 nitrogen and oxygen atoms in total. The van der Waals surface area contributed by atoms with E-state index < -0.39 is 24.1 Å². The molecule has 0 saturated heterocycles. The van der Waals surface area contributed by atoms with Gasteiger partial charge in [-0.3, -0.25) is 0 Å². The third kappa shape index (κ3) is 5.33. The highest BCUT2D eigenvalue weighted by Crippen LogP contribution is 2.18.